The van der Waals surface area contributed by atoms with E-state index in [0.29, 0.717) is 5.56 Å². The van der Waals surface area contributed by atoms with E-state index in [1.165, 1.54) is 36.4 Å². The van der Waals surface area contributed by atoms with Crippen LogP contribution in [0.3, 0.4) is 0 Å². The van der Waals surface area contributed by atoms with E-state index >= 15 is 0 Å². The van der Waals surface area contributed by atoms with E-state index in [2.05, 4.69) is 47.4 Å². The van der Waals surface area contributed by atoms with Gasteiger partial charge in [0.2, 0.25) is 0 Å². The lowest BCUT2D eigenvalue weighted by Crippen LogP contribution is -2.32. The molecule has 2 heterocycles. The van der Waals surface area contributed by atoms with Gasteiger partial charge >= 0.3 is 5.97 Å². The van der Waals surface area contributed by atoms with Crippen LogP contribution in [0.15, 0.2) is 24.4 Å². The maximum absolute atomic E-state index is 12.0. The van der Waals surface area contributed by atoms with Crippen LogP contribution in [0.2, 0.25) is 0 Å². The minimum atomic E-state index is -0.272. The minimum Gasteiger partial charge on any atom is -0.465 e. The van der Waals surface area contributed by atoms with Crippen LogP contribution in [0.25, 0.3) is 10.9 Å². The number of ether oxygens (including phenoxy) is 1. The molecule has 1 fully saturated rings. The van der Waals surface area contributed by atoms with E-state index in [9.17, 15) is 4.79 Å². The number of hydrogen-bond acceptors (Lipinski definition) is 4. The van der Waals surface area contributed by atoms with Crippen LogP contribution >= 0.6 is 0 Å². The smallest absolute Gasteiger partial charge is 0.337 e. The zero-order chi connectivity index (χ0) is 19.4. The highest BCUT2D eigenvalue weighted by Crippen LogP contribution is 2.27. The van der Waals surface area contributed by atoms with Gasteiger partial charge < -0.3 is 9.30 Å². The molecule has 1 aliphatic heterocycles. The highest BCUT2D eigenvalue weighted by Gasteiger charge is 2.19. The molecule has 1 aromatic carbocycles. The number of likely N-dealkylation sites (tertiary alicyclic amines) is 1. The molecule has 5 heteroatoms. The molecule has 0 N–H and O–H groups in total. The van der Waals surface area contributed by atoms with Crippen molar-refractivity contribution in [2.24, 2.45) is 5.92 Å². The Morgan fingerprint density at radius 3 is 2.56 bits per heavy atom. The van der Waals surface area contributed by atoms with Gasteiger partial charge in [0.15, 0.2) is 0 Å². The fourth-order valence-corrected chi connectivity index (χ4v) is 3.96. The van der Waals surface area contributed by atoms with Gasteiger partial charge in [0, 0.05) is 23.6 Å². The Morgan fingerprint density at radius 2 is 1.93 bits per heavy atom. The molecule has 0 radical (unpaired) electrons. The zero-order valence-corrected chi connectivity index (χ0v) is 17.2. The Bertz CT molecular complexity index is 771. The lowest BCUT2D eigenvalue weighted by atomic mass is 9.99. The number of rotatable bonds is 7. The second-order valence-corrected chi connectivity index (χ2v) is 7.75. The average molecular weight is 372 g/mol. The molecule has 1 saturated heterocycles. The van der Waals surface area contributed by atoms with Crippen LogP contribution in [0.5, 0.6) is 0 Å². The first-order valence-electron chi connectivity index (χ1n) is 10.2. The van der Waals surface area contributed by atoms with Crippen LogP contribution in [0, 0.1) is 5.92 Å². The zero-order valence-electron chi connectivity index (χ0n) is 17.2. The summed E-state index contributed by atoms with van der Waals surface area (Å²) in [6.07, 6.45) is 4.82. The maximum atomic E-state index is 12.0. The van der Waals surface area contributed by atoms with Gasteiger partial charge in [-0.25, -0.2) is 4.79 Å². The van der Waals surface area contributed by atoms with Gasteiger partial charge in [0.25, 0.3) is 0 Å². The number of fused-ring (bicyclic) bond motifs is 1. The molecular formula is C22H33N3O2. The Morgan fingerprint density at radius 1 is 1.22 bits per heavy atom. The first-order valence-corrected chi connectivity index (χ1v) is 10.2. The predicted molar refractivity (Wildman–Crippen MR) is 110 cm³/mol. The van der Waals surface area contributed by atoms with E-state index in [1.807, 2.05) is 12.1 Å². The number of nitrogens with zero attached hydrogens (tertiary/aromatic N) is 3. The lowest BCUT2D eigenvalue weighted by Gasteiger charge is -2.30. The fraction of sp³-hybridized carbons (Fsp3) is 0.591. The molecular weight excluding hydrogens is 338 g/mol. The number of carbonyl (C=O) groups excluding carboxylic acids is 1. The Labute approximate surface area is 162 Å². The largest absolute Gasteiger partial charge is 0.465 e. The monoisotopic (exact) mass is 371 g/mol. The summed E-state index contributed by atoms with van der Waals surface area (Å²) in [5, 5.41) is 1.17. The third-order valence-electron chi connectivity index (χ3n) is 5.90. The van der Waals surface area contributed by atoms with E-state index in [4.69, 9.17) is 4.74 Å². The van der Waals surface area contributed by atoms with E-state index < -0.39 is 0 Å². The van der Waals surface area contributed by atoms with Crippen molar-refractivity contribution in [1.29, 1.82) is 0 Å². The summed E-state index contributed by atoms with van der Waals surface area (Å²) in [4.78, 5) is 17.0. The quantitative estimate of drug-likeness (QED) is 0.691. The molecule has 3 rings (SSSR count). The molecule has 0 unspecified atom stereocenters. The van der Waals surface area contributed by atoms with Crippen molar-refractivity contribution >= 4 is 16.9 Å². The van der Waals surface area contributed by atoms with Crippen LogP contribution in [0.1, 0.15) is 49.5 Å². The number of piperidine rings is 1. The molecule has 2 aromatic rings. The second-order valence-electron chi connectivity index (χ2n) is 7.75. The van der Waals surface area contributed by atoms with Crippen molar-refractivity contribution in [1.82, 2.24) is 14.4 Å². The Hall–Kier alpha value is -1.85. The van der Waals surface area contributed by atoms with Gasteiger partial charge in [-0.05, 0) is 68.7 Å². The van der Waals surface area contributed by atoms with Gasteiger partial charge in [0.1, 0.15) is 0 Å². The SMILES string of the molecule is CCN(CC)Cn1cc(CN2CCC(C)CC2)c2cc(C(=O)OC)ccc21. The van der Waals surface area contributed by atoms with Crippen LogP contribution in [-0.2, 0) is 18.0 Å². The molecule has 27 heavy (non-hydrogen) atoms. The van der Waals surface area contributed by atoms with Gasteiger partial charge in [-0.15, -0.1) is 0 Å². The van der Waals surface area contributed by atoms with Crippen LogP contribution < -0.4 is 0 Å². The molecule has 0 atom stereocenters. The van der Waals surface area contributed by atoms with Gasteiger partial charge in [-0.2, -0.15) is 0 Å². The number of carbonyl (C=O) groups is 1. The molecule has 0 spiro atoms. The number of methoxy groups -OCH3 is 1. The normalized spacial score (nSPS) is 16.3. The van der Waals surface area contributed by atoms with Crippen molar-refractivity contribution < 1.29 is 9.53 Å². The molecule has 1 aliphatic rings. The second kappa shape index (κ2) is 8.89. The van der Waals surface area contributed by atoms with Crippen LogP contribution in [0.4, 0.5) is 0 Å². The summed E-state index contributed by atoms with van der Waals surface area (Å²) in [7, 11) is 1.44. The Kier molecular flexibility index (Phi) is 6.55. The molecule has 5 nitrogen and oxygen atoms in total. The van der Waals surface area contributed by atoms with Gasteiger partial charge in [-0.1, -0.05) is 20.8 Å². The highest BCUT2D eigenvalue weighted by molar-refractivity contribution is 5.95. The van der Waals surface area contributed by atoms with Gasteiger partial charge in [-0.3, -0.25) is 9.80 Å². The number of aromatic nitrogens is 1. The summed E-state index contributed by atoms with van der Waals surface area (Å²) >= 11 is 0. The lowest BCUT2D eigenvalue weighted by molar-refractivity contribution is 0.0601. The van der Waals surface area contributed by atoms with Crippen molar-refractivity contribution in [2.75, 3.05) is 33.3 Å². The number of benzene rings is 1. The summed E-state index contributed by atoms with van der Waals surface area (Å²) < 4.78 is 7.25. The van der Waals surface area contributed by atoms with E-state index in [-0.39, 0.29) is 5.97 Å². The van der Waals surface area contributed by atoms with Crippen molar-refractivity contribution in [3.63, 3.8) is 0 Å². The first kappa shape index (κ1) is 19.9. The third-order valence-corrected chi connectivity index (χ3v) is 5.90. The first-order chi connectivity index (χ1) is 13.0. The molecule has 0 amide bonds. The standard InChI is InChI=1S/C22H33N3O2/c1-5-23(6-2)16-25-15-19(14-24-11-9-17(3)10-12-24)20-13-18(22(26)27-4)7-8-21(20)25/h7-8,13,15,17H,5-6,9-12,14,16H2,1-4H3. The van der Waals surface area contributed by atoms with E-state index in [0.717, 1.165) is 45.3 Å². The topological polar surface area (TPSA) is 37.7 Å². The van der Waals surface area contributed by atoms with Crippen molar-refractivity contribution in [3.05, 3.63) is 35.5 Å². The molecule has 0 bridgehead atoms. The summed E-state index contributed by atoms with van der Waals surface area (Å²) in [6.45, 7) is 12.9. The van der Waals surface area contributed by atoms with Gasteiger partial charge in [0.05, 0.1) is 19.3 Å². The average Bonchev–Trinajstić information content (AvgIpc) is 3.03. The third kappa shape index (κ3) is 4.53. The highest BCUT2D eigenvalue weighted by atomic mass is 16.5. The predicted octanol–water partition coefficient (Wildman–Crippen LogP) is 3.96. The summed E-state index contributed by atoms with van der Waals surface area (Å²) in [6, 6.07) is 5.94. The molecule has 1 aromatic heterocycles. The Balaban J connectivity index is 1.94. The number of esters is 1. The fourth-order valence-electron chi connectivity index (χ4n) is 3.96. The number of hydrogen-bond donors (Lipinski definition) is 0. The van der Waals surface area contributed by atoms with E-state index in [1.54, 1.807) is 0 Å². The summed E-state index contributed by atoms with van der Waals surface area (Å²) in [5.74, 6) is 0.558. The molecule has 148 valence electrons. The molecule has 0 saturated carbocycles. The summed E-state index contributed by atoms with van der Waals surface area (Å²) in [5.41, 5.74) is 3.12. The van der Waals surface area contributed by atoms with Crippen molar-refractivity contribution in [2.45, 2.75) is 46.8 Å². The maximum Gasteiger partial charge on any atom is 0.337 e. The molecule has 0 aliphatic carbocycles. The van der Waals surface area contributed by atoms with Crippen LogP contribution in [-0.4, -0.2) is 53.6 Å². The minimum absolute atomic E-state index is 0.272. The van der Waals surface area contributed by atoms with Crippen molar-refractivity contribution in [3.8, 4) is 0 Å².